The summed E-state index contributed by atoms with van der Waals surface area (Å²) in [5.41, 5.74) is 0. The zero-order valence-electron chi connectivity index (χ0n) is 4.22. The topological polar surface area (TPSA) is 0 Å². The molecule has 1 fully saturated rings. The van der Waals surface area contributed by atoms with Gasteiger partial charge in [-0.2, -0.15) is 0 Å². The third-order valence-corrected chi connectivity index (χ3v) is 5.50. The molecule has 0 aromatic carbocycles. The van der Waals surface area contributed by atoms with Crippen molar-refractivity contribution in [2.45, 2.75) is 11.5 Å². The molecular formula is C4H8S3. The molecule has 0 nitrogen and oxygen atoms in total. The van der Waals surface area contributed by atoms with Gasteiger partial charge in [-0.1, -0.05) is 21.6 Å². The zero-order chi connectivity index (χ0) is 5.11. The molecule has 0 N–H and O–H groups in total. The molecule has 0 amide bonds. The van der Waals surface area contributed by atoms with E-state index < -0.39 is 0 Å². The SMILES string of the molecule is C[C@H]1SCCSS1. The van der Waals surface area contributed by atoms with E-state index in [9.17, 15) is 0 Å². The van der Waals surface area contributed by atoms with Crippen molar-refractivity contribution in [3.63, 3.8) is 0 Å². The van der Waals surface area contributed by atoms with Crippen molar-refractivity contribution in [2.75, 3.05) is 11.5 Å². The maximum atomic E-state index is 2.27. The van der Waals surface area contributed by atoms with Gasteiger partial charge in [-0.3, -0.25) is 0 Å². The standard InChI is InChI=1S/C4H8S3/c1-4-5-2-3-6-7-4/h4H,2-3H2,1H3/t4-/m0/s1. The maximum absolute atomic E-state index is 2.27. The molecule has 1 aliphatic heterocycles. The number of hydrogen-bond acceptors (Lipinski definition) is 3. The Hall–Kier alpha value is 1.05. The first-order valence-electron chi connectivity index (χ1n) is 2.29. The predicted octanol–water partition coefficient (Wildman–Crippen LogP) is 2.46. The molecule has 0 aromatic heterocycles. The zero-order valence-corrected chi connectivity index (χ0v) is 6.67. The summed E-state index contributed by atoms with van der Waals surface area (Å²) in [6.45, 7) is 2.27. The quantitative estimate of drug-likeness (QED) is 0.489. The average Bonchev–Trinajstić information content (AvgIpc) is 1.69. The molecule has 7 heavy (non-hydrogen) atoms. The normalized spacial score (nSPS) is 33.0. The summed E-state index contributed by atoms with van der Waals surface area (Å²) >= 11 is 2.06. The highest BCUT2D eigenvalue weighted by molar-refractivity contribution is 8.79. The predicted molar refractivity (Wildman–Crippen MR) is 42.0 cm³/mol. The van der Waals surface area contributed by atoms with Gasteiger partial charge in [-0.05, 0) is 6.92 Å². The molecule has 0 aromatic rings. The van der Waals surface area contributed by atoms with E-state index in [1.54, 1.807) is 0 Å². The molecule has 0 radical (unpaired) electrons. The number of rotatable bonds is 0. The summed E-state index contributed by atoms with van der Waals surface area (Å²) < 4.78 is 0.832. The molecule has 1 rings (SSSR count). The smallest absolute Gasteiger partial charge is 0.0578 e. The van der Waals surface area contributed by atoms with Gasteiger partial charge in [0.1, 0.15) is 0 Å². The Morgan fingerprint density at radius 2 is 2.29 bits per heavy atom. The second-order valence-electron chi connectivity index (χ2n) is 1.36. The summed E-state index contributed by atoms with van der Waals surface area (Å²) in [4.78, 5) is 0. The third kappa shape index (κ3) is 2.20. The Morgan fingerprint density at radius 3 is 2.57 bits per heavy atom. The van der Waals surface area contributed by atoms with E-state index in [0.717, 1.165) is 4.58 Å². The molecule has 42 valence electrons. The van der Waals surface area contributed by atoms with Crippen LogP contribution in [0.4, 0.5) is 0 Å². The van der Waals surface area contributed by atoms with E-state index in [4.69, 9.17) is 0 Å². The lowest BCUT2D eigenvalue weighted by Crippen LogP contribution is -1.96. The molecule has 1 aliphatic rings. The van der Waals surface area contributed by atoms with Crippen LogP contribution in [0.1, 0.15) is 6.92 Å². The molecule has 0 bridgehead atoms. The molecule has 0 aliphatic carbocycles. The molecule has 0 saturated carbocycles. The van der Waals surface area contributed by atoms with Crippen LogP contribution in [0.2, 0.25) is 0 Å². The Morgan fingerprint density at radius 1 is 1.43 bits per heavy atom. The van der Waals surface area contributed by atoms with Crippen molar-refractivity contribution < 1.29 is 0 Å². The van der Waals surface area contributed by atoms with E-state index in [1.807, 2.05) is 21.6 Å². The van der Waals surface area contributed by atoms with Gasteiger partial charge in [-0.15, -0.1) is 11.8 Å². The summed E-state index contributed by atoms with van der Waals surface area (Å²) in [5, 5.41) is 0. The van der Waals surface area contributed by atoms with E-state index in [-0.39, 0.29) is 0 Å². The van der Waals surface area contributed by atoms with Crippen LogP contribution in [-0.4, -0.2) is 16.1 Å². The van der Waals surface area contributed by atoms with Gasteiger partial charge < -0.3 is 0 Å². The fraction of sp³-hybridized carbons (Fsp3) is 1.00. The highest BCUT2D eigenvalue weighted by Crippen LogP contribution is 2.38. The lowest BCUT2D eigenvalue weighted by atomic mass is 10.9. The van der Waals surface area contributed by atoms with Gasteiger partial charge in [0, 0.05) is 11.5 Å². The van der Waals surface area contributed by atoms with Crippen LogP contribution in [0, 0.1) is 0 Å². The second-order valence-corrected chi connectivity index (χ2v) is 5.93. The Bertz CT molecular complexity index is 48.9. The van der Waals surface area contributed by atoms with Gasteiger partial charge in [-0.25, -0.2) is 0 Å². The van der Waals surface area contributed by atoms with Crippen LogP contribution in [0.5, 0.6) is 0 Å². The van der Waals surface area contributed by atoms with Gasteiger partial charge in [0.2, 0.25) is 0 Å². The highest BCUT2D eigenvalue weighted by atomic mass is 33.1. The summed E-state index contributed by atoms with van der Waals surface area (Å²) in [5.74, 6) is 2.68. The molecule has 1 heterocycles. The minimum Gasteiger partial charge on any atom is -0.146 e. The van der Waals surface area contributed by atoms with Crippen molar-refractivity contribution in [3.8, 4) is 0 Å². The van der Waals surface area contributed by atoms with Crippen LogP contribution in [0.15, 0.2) is 0 Å². The van der Waals surface area contributed by atoms with Crippen LogP contribution in [0.3, 0.4) is 0 Å². The Kier molecular flexibility index (Phi) is 2.78. The van der Waals surface area contributed by atoms with Gasteiger partial charge in [0.25, 0.3) is 0 Å². The summed E-state index contributed by atoms with van der Waals surface area (Å²) in [7, 11) is 4.00. The van der Waals surface area contributed by atoms with E-state index in [2.05, 4.69) is 18.7 Å². The lowest BCUT2D eigenvalue weighted by molar-refractivity contribution is 1.40. The number of hydrogen-bond donors (Lipinski definition) is 0. The van der Waals surface area contributed by atoms with Crippen LogP contribution < -0.4 is 0 Å². The van der Waals surface area contributed by atoms with Crippen LogP contribution >= 0.6 is 33.3 Å². The van der Waals surface area contributed by atoms with E-state index in [1.165, 1.54) is 11.5 Å². The maximum Gasteiger partial charge on any atom is 0.0578 e. The minimum atomic E-state index is 0.832. The van der Waals surface area contributed by atoms with Gasteiger partial charge in [0.05, 0.1) is 4.58 Å². The summed E-state index contributed by atoms with van der Waals surface area (Å²) in [6, 6.07) is 0. The second kappa shape index (κ2) is 3.15. The molecule has 0 spiro atoms. The van der Waals surface area contributed by atoms with Crippen molar-refractivity contribution in [2.24, 2.45) is 0 Å². The van der Waals surface area contributed by atoms with E-state index in [0.29, 0.717) is 0 Å². The van der Waals surface area contributed by atoms with Crippen molar-refractivity contribution >= 4 is 33.3 Å². The van der Waals surface area contributed by atoms with Gasteiger partial charge >= 0.3 is 0 Å². The minimum absolute atomic E-state index is 0.832. The van der Waals surface area contributed by atoms with Crippen molar-refractivity contribution in [3.05, 3.63) is 0 Å². The molecule has 1 atom stereocenters. The first-order valence-corrected chi connectivity index (χ1v) is 5.72. The first kappa shape index (κ1) is 6.17. The Balaban J connectivity index is 2.12. The lowest BCUT2D eigenvalue weighted by Gasteiger charge is -2.14. The average molecular weight is 152 g/mol. The fourth-order valence-corrected chi connectivity index (χ4v) is 4.68. The Labute approximate surface area is 56.6 Å². The monoisotopic (exact) mass is 152 g/mol. The van der Waals surface area contributed by atoms with E-state index >= 15 is 0 Å². The molecular weight excluding hydrogens is 144 g/mol. The molecule has 0 unspecified atom stereocenters. The first-order chi connectivity index (χ1) is 3.39. The molecule has 1 saturated heterocycles. The van der Waals surface area contributed by atoms with Crippen LogP contribution in [-0.2, 0) is 0 Å². The fourth-order valence-electron chi connectivity index (χ4n) is 0.420. The van der Waals surface area contributed by atoms with Gasteiger partial charge in [0.15, 0.2) is 0 Å². The van der Waals surface area contributed by atoms with Crippen molar-refractivity contribution in [1.29, 1.82) is 0 Å². The number of thioether (sulfide) groups is 1. The highest BCUT2D eigenvalue weighted by Gasteiger charge is 2.07. The van der Waals surface area contributed by atoms with Crippen LogP contribution in [0.25, 0.3) is 0 Å². The summed E-state index contributed by atoms with van der Waals surface area (Å²) in [6.07, 6.45) is 0. The molecule has 3 heteroatoms. The third-order valence-electron chi connectivity index (χ3n) is 0.723. The van der Waals surface area contributed by atoms with Crippen molar-refractivity contribution in [1.82, 2.24) is 0 Å². The largest absolute Gasteiger partial charge is 0.146 e.